The summed E-state index contributed by atoms with van der Waals surface area (Å²) >= 11 is 0. The van der Waals surface area contributed by atoms with E-state index < -0.39 is 11.9 Å². The van der Waals surface area contributed by atoms with Crippen LogP contribution >= 0.6 is 0 Å². The zero-order valence-corrected chi connectivity index (χ0v) is 15.8. The highest BCUT2D eigenvalue weighted by atomic mass is 16.5. The van der Waals surface area contributed by atoms with Gasteiger partial charge in [0.05, 0.1) is 20.8 Å². The van der Waals surface area contributed by atoms with Gasteiger partial charge < -0.3 is 19.5 Å². The van der Waals surface area contributed by atoms with Gasteiger partial charge in [-0.3, -0.25) is 14.4 Å². The summed E-state index contributed by atoms with van der Waals surface area (Å²) in [4.78, 5) is 37.2. The molecule has 1 aromatic carbocycles. The fraction of sp³-hybridized carbons (Fsp3) is 0.550. The number of Topliss-reactive ketones (excluding diaryl/α,β-unsaturated/α-hetero) is 1. The molecule has 4 unspecified atom stereocenters. The molecule has 4 atom stereocenters. The molecule has 146 valence electrons. The van der Waals surface area contributed by atoms with Crippen molar-refractivity contribution in [1.29, 1.82) is 0 Å². The van der Waals surface area contributed by atoms with Crippen molar-refractivity contribution in [3.63, 3.8) is 0 Å². The molecule has 1 N–H and O–H groups in total. The van der Waals surface area contributed by atoms with Gasteiger partial charge in [0, 0.05) is 24.4 Å². The Bertz CT molecular complexity index is 746. The van der Waals surface area contributed by atoms with Crippen molar-refractivity contribution in [3.8, 4) is 11.5 Å². The quantitative estimate of drug-likeness (QED) is 0.624. The summed E-state index contributed by atoms with van der Waals surface area (Å²) in [5.41, 5.74) is 0.923. The second-order valence-corrected chi connectivity index (χ2v) is 6.97. The predicted molar refractivity (Wildman–Crippen MR) is 96.7 cm³/mol. The van der Waals surface area contributed by atoms with Crippen LogP contribution in [0.25, 0.3) is 0 Å². The summed E-state index contributed by atoms with van der Waals surface area (Å²) in [5, 5.41) is 2.87. The van der Waals surface area contributed by atoms with Crippen LogP contribution in [-0.2, 0) is 19.1 Å². The lowest BCUT2D eigenvalue weighted by Crippen LogP contribution is -2.56. The summed E-state index contributed by atoms with van der Waals surface area (Å²) in [7, 11) is 3.17. The lowest BCUT2D eigenvalue weighted by Gasteiger charge is -2.40. The molecule has 1 aromatic rings. The number of hydrogen-bond donors (Lipinski definition) is 1. The van der Waals surface area contributed by atoms with Crippen LogP contribution in [0.1, 0.15) is 37.7 Å². The first-order valence-electron chi connectivity index (χ1n) is 9.20. The molecular formula is C20H25NO6. The van der Waals surface area contributed by atoms with E-state index >= 15 is 0 Å². The number of nitrogens with one attached hydrogen (secondary N) is 1. The van der Waals surface area contributed by atoms with Crippen molar-refractivity contribution in [1.82, 2.24) is 5.32 Å². The lowest BCUT2D eigenvalue weighted by atomic mass is 9.69. The van der Waals surface area contributed by atoms with E-state index in [1.807, 2.05) is 12.1 Å². The summed E-state index contributed by atoms with van der Waals surface area (Å²) in [6.45, 7) is 1.91. The van der Waals surface area contributed by atoms with Gasteiger partial charge in [0.2, 0.25) is 5.91 Å². The molecule has 3 rings (SSSR count). The number of methoxy groups -OCH3 is 2. The highest BCUT2D eigenvalue weighted by Gasteiger charge is 2.47. The highest BCUT2D eigenvalue weighted by Crippen LogP contribution is 2.42. The van der Waals surface area contributed by atoms with Gasteiger partial charge in [-0.2, -0.15) is 0 Å². The molecule has 7 heteroatoms. The van der Waals surface area contributed by atoms with Gasteiger partial charge in [-0.25, -0.2) is 0 Å². The van der Waals surface area contributed by atoms with E-state index in [0.717, 1.165) is 5.56 Å². The van der Waals surface area contributed by atoms with E-state index in [1.54, 1.807) is 27.2 Å². The minimum absolute atomic E-state index is 0.0564. The van der Waals surface area contributed by atoms with Crippen molar-refractivity contribution in [2.45, 2.75) is 38.1 Å². The third-order valence-corrected chi connectivity index (χ3v) is 5.47. The number of ketones is 1. The molecular weight excluding hydrogens is 350 g/mol. The molecule has 1 saturated heterocycles. The van der Waals surface area contributed by atoms with Crippen molar-refractivity contribution >= 4 is 17.7 Å². The smallest absolute Gasteiger partial charge is 0.318 e. The Hall–Kier alpha value is -2.57. The minimum Gasteiger partial charge on any atom is -0.497 e. The number of fused-ring (bicyclic) bond motifs is 1. The van der Waals surface area contributed by atoms with Gasteiger partial charge in [0.25, 0.3) is 0 Å². The van der Waals surface area contributed by atoms with Crippen LogP contribution in [0.3, 0.4) is 0 Å². The van der Waals surface area contributed by atoms with Gasteiger partial charge in [0.1, 0.15) is 23.2 Å². The van der Waals surface area contributed by atoms with E-state index in [9.17, 15) is 14.4 Å². The summed E-state index contributed by atoms with van der Waals surface area (Å²) < 4.78 is 15.7. The molecule has 1 saturated carbocycles. The molecule has 0 bridgehead atoms. The first kappa shape index (κ1) is 19.2. The molecule has 1 heterocycles. The summed E-state index contributed by atoms with van der Waals surface area (Å²) in [6, 6.07) is 5.26. The molecule has 0 aromatic heterocycles. The van der Waals surface area contributed by atoms with Crippen LogP contribution in [0.4, 0.5) is 0 Å². The predicted octanol–water partition coefficient (Wildman–Crippen LogP) is 1.83. The Morgan fingerprint density at radius 2 is 1.96 bits per heavy atom. The lowest BCUT2D eigenvalue weighted by molar-refractivity contribution is -0.156. The zero-order chi connectivity index (χ0) is 19.6. The monoisotopic (exact) mass is 375 g/mol. The SMILES string of the molecule is CCOC(=O)C1CC2C(=O)CC(c3ccc(OC)cc3OC)CC2NC1=O. The van der Waals surface area contributed by atoms with Crippen molar-refractivity contribution in [2.24, 2.45) is 11.8 Å². The maximum Gasteiger partial charge on any atom is 0.318 e. The number of amides is 1. The van der Waals surface area contributed by atoms with Crippen molar-refractivity contribution in [2.75, 3.05) is 20.8 Å². The van der Waals surface area contributed by atoms with Crippen LogP contribution in [0.15, 0.2) is 18.2 Å². The zero-order valence-electron chi connectivity index (χ0n) is 15.8. The molecule has 1 aliphatic heterocycles. The van der Waals surface area contributed by atoms with Crippen molar-refractivity contribution < 1.29 is 28.6 Å². The van der Waals surface area contributed by atoms with Gasteiger partial charge in [0.15, 0.2) is 0 Å². The van der Waals surface area contributed by atoms with E-state index in [0.29, 0.717) is 24.3 Å². The van der Waals surface area contributed by atoms with E-state index in [1.165, 1.54) is 0 Å². The normalized spacial score (nSPS) is 27.4. The second-order valence-electron chi connectivity index (χ2n) is 6.97. The Morgan fingerprint density at radius 3 is 2.63 bits per heavy atom. The number of rotatable bonds is 5. The third kappa shape index (κ3) is 3.77. The van der Waals surface area contributed by atoms with E-state index in [-0.39, 0.29) is 42.6 Å². The number of esters is 1. The fourth-order valence-electron chi connectivity index (χ4n) is 4.11. The molecule has 27 heavy (non-hydrogen) atoms. The maximum absolute atomic E-state index is 12.8. The Morgan fingerprint density at radius 1 is 1.19 bits per heavy atom. The van der Waals surface area contributed by atoms with Crippen molar-refractivity contribution in [3.05, 3.63) is 23.8 Å². The Labute approximate surface area is 158 Å². The summed E-state index contributed by atoms with van der Waals surface area (Å²) in [6.07, 6.45) is 1.20. The molecule has 2 aliphatic rings. The number of benzene rings is 1. The molecule has 7 nitrogen and oxygen atoms in total. The largest absolute Gasteiger partial charge is 0.497 e. The second kappa shape index (κ2) is 7.98. The molecule has 0 spiro atoms. The van der Waals surface area contributed by atoms with E-state index in [4.69, 9.17) is 14.2 Å². The number of hydrogen-bond acceptors (Lipinski definition) is 6. The van der Waals surface area contributed by atoms with Gasteiger partial charge >= 0.3 is 5.97 Å². The molecule has 1 aliphatic carbocycles. The van der Waals surface area contributed by atoms with E-state index in [2.05, 4.69) is 5.32 Å². The number of carbonyl (C=O) groups excluding carboxylic acids is 3. The average Bonchev–Trinajstić information content (AvgIpc) is 2.66. The highest BCUT2D eigenvalue weighted by molar-refractivity contribution is 6.00. The van der Waals surface area contributed by atoms with Gasteiger partial charge in [-0.15, -0.1) is 0 Å². The Kier molecular flexibility index (Phi) is 5.68. The first-order chi connectivity index (χ1) is 13.0. The molecule has 0 radical (unpaired) electrons. The molecule has 1 amide bonds. The molecule has 2 fully saturated rings. The Balaban J connectivity index is 1.79. The van der Waals surface area contributed by atoms with Gasteiger partial charge in [-0.05, 0) is 37.3 Å². The van der Waals surface area contributed by atoms with Crippen LogP contribution < -0.4 is 14.8 Å². The van der Waals surface area contributed by atoms with Crippen LogP contribution in [-0.4, -0.2) is 44.5 Å². The van der Waals surface area contributed by atoms with Gasteiger partial charge in [-0.1, -0.05) is 6.07 Å². The number of ether oxygens (including phenoxy) is 3. The van der Waals surface area contributed by atoms with Crippen LogP contribution in [0.2, 0.25) is 0 Å². The maximum atomic E-state index is 12.8. The fourth-order valence-corrected chi connectivity index (χ4v) is 4.11. The van der Waals surface area contributed by atoms with Crippen LogP contribution in [0, 0.1) is 11.8 Å². The van der Waals surface area contributed by atoms with Crippen LogP contribution in [0.5, 0.6) is 11.5 Å². The first-order valence-corrected chi connectivity index (χ1v) is 9.20. The topological polar surface area (TPSA) is 90.9 Å². The summed E-state index contributed by atoms with van der Waals surface area (Å²) in [5.74, 6) is -0.816. The third-order valence-electron chi connectivity index (χ3n) is 5.47. The minimum atomic E-state index is -0.901. The standard InChI is InChI=1S/C20H25NO6/c1-4-27-20(24)15-10-14-16(21-19(15)23)7-11(8-17(14)22)13-6-5-12(25-2)9-18(13)26-3/h5-6,9,11,14-16H,4,7-8,10H2,1-3H3,(H,21,23). The average molecular weight is 375 g/mol. The number of piperidine rings is 1. The number of carbonyl (C=O) groups is 3.